The molecule has 2 aromatic carbocycles. The maximum absolute atomic E-state index is 13.5. The van der Waals surface area contributed by atoms with Crippen LogP contribution in [0.25, 0.3) is 17.0 Å². The first-order valence-electron chi connectivity index (χ1n) is 12.7. The molecule has 0 aliphatic carbocycles. The van der Waals surface area contributed by atoms with Gasteiger partial charge < -0.3 is 14.4 Å². The Labute approximate surface area is 217 Å². The number of benzene rings is 2. The Morgan fingerprint density at radius 3 is 2.61 bits per heavy atom. The summed E-state index contributed by atoms with van der Waals surface area (Å²) in [5.41, 5.74) is 4.41. The Morgan fingerprint density at radius 2 is 1.89 bits per heavy atom. The Kier molecular flexibility index (Phi) is 6.67. The van der Waals surface area contributed by atoms with Crippen molar-refractivity contribution in [1.29, 1.82) is 0 Å². The van der Waals surface area contributed by atoms with Gasteiger partial charge >= 0.3 is 0 Å². The fraction of sp³-hybridized carbons (Fsp3) is 0.345. The smallest absolute Gasteiger partial charge is 0.281 e. The summed E-state index contributed by atoms with van der Waals surface area (Å²) in [6, 6.07) is 16.0. The van der Waals surface area contributed by atoms with Crippen molar-refractivity contribution in [3.8, 4) is 0 Å². The molecule has 1 aromatic heterocycles. The highest BCUT2D eigenvalue weighted by atomic mass is 32.1. The number of aryl methyl sites for hydroxylation is 1. The number of likely N-dealkylation sites (tertiary alicyclic amines) is 1. The average molecular weight is 501 g/mol. The van der Waals surface area contributed by atoms with Crippen LogP contribution in [0.4, 0.5) is 5.69 Å². The van der Waals surface area contributed by atoms with Crippen LogP contribution < -0.4 is 4.90 Å². The molecule has 2 amide bonds. The molecular weight excluding hydrogens is 468 g/mol. The van der Waals surface area contributed by atoms with Crippen molar-refractivity contribution in [1.82, 2.24) is 14.4 Å². The number of para-hydroxylation sites is 2. The van der Waals surface area contributed by atoms with Crippen LogP contribution in [0.1, 0.15) is 44.2 Å². The number of likely N-dealkylation sites (N-methyl/N-ethyl adjacent to an activating group) is 1. The van der Waals surface area contributed by atoms with Gasteiger partial charge in [-0.3, -0.25) is 14.5 Å². The van der Waals surface area contributed by atoms with Crippen molar-refractivity contribution >= 4 is 51.8 Å². The Balaban J connectivity index is 1.55. The van der Waals surface area contributed by atoms with Crippen LogP contribution in [0.15, 0.2) is 60.4 Å². The van der Waals surface area contributed by atoms with Crippen molar-refractivity contribution in [3.05, 3.63) is 71.6 Å². The van der Waals surface area contributed by atoms with E-state index < -0.39 is 0 Å². The van der Waals surface area contributed by atoms with Gasteiger partial charge in [-0.05, 0) is 68.6 Å². The summed E-state index contributed by atoms with van der Waals surface area (Å²) in [5.74, 6) is -0.00540. The summed E-state index contributed by atoms with van der Waals surface area (Å²) in [4.78, 5) is 32.2. The van der Waals surface area contributed by atoms with Crippen molar-refractivity contribution in [2.75, 3.05) is 18.5 Å². The average Bonchev–Trinajstić information content (AvgIpc) is 3.34. The van der Waals surface area contributed by atoms with E-state index in [0.29, 0.717) is 17.4 Å². The van der Waals surface area contributed by atoms with Gasteiger partial charge in [-0.25, -0.2) is 0 Å². The highest BCUT2D eigenvalue weighted by Gasteiger charge is 2.37. The van der Waals surface area contributed by atoms with Crippen LogP contribution in [-0.2, 0) is 22.6 Å². The number of rotatable bonds is 5. The van der Waals surface area contributed by atoms with Crippen LogP contribution in [0, 0.1) is 0 Å². The van der Waals surface area contributed by atoms with Crippen LogP contribution in [0.5, 0.6) is 0 Å². The summed E-state index contributed by atoms with van der Waals surface area (Å²) in [6.07, 6.45) is 8.08. The molecule has 7 heteroatoms. The molecule has 2 aliphatic rings. The lowest BCUT2D eigenvalue weighted by molar-refractivity contribution is -0.135. The number of piperidine rings is 1. The van der Waals surface area contributed by atoms with Crippen molar-refractivity contribution < 1.29 is 9.59 Å². The molecule has 0 bridgehead atoms. The monoisotopic (exact) mass is 500 g/mol. The number of carbonyl (C=O) groups excluding carboxylic acids is 2. The molecule has 0 radical (unpaired) electrons. The van der Waals surface area contributed by atoms with E-state index in [9.17, 15) is 9.59 Å². The highest BCUT2D eigenvalue weighted by Crippen LogP contribution is 2.32. The van der Waals surface area contributed by atoms with Gasteiger partial charge in [-0.1, -0.05) is 43.3 Å². The lowest BCUT2D eigenvalue weighted by Crippen LogP contribution is -2.43. The first kappa shape index (κ1) is 24.3. The SMILES string of the molecule is CCc1cccc2c(/C=C3/C(=O)N(c4ccccc4)C(=S)N3C)cn(CC(=O)N3CCCC[C@@H]3C)c12. The number of aromatic nitrogens is 1. The third-order valence-corrected chi connectivity index (χ3v) is 7.85. The molecule has 0 unspecified atom stereocenters. The minimum Gasteiger partial charge on any atom is -0.338 e. The maximum Gasteiger partial charge on any atom is 0.281 e. The Hall–Kier alpha value is -3.45. The number of thiocarbonyl (C=S) groups is 1. The summed E-state index contributed by atoms with van der Waals surface area (Å²) in [7, 11) is 1.83. The Morgan fingerprint density at radius 1 is 1.11 bits per heavy atom. The molecule has 6 nitrogen and oxygen atoms in total. The van der Waals surface area contributed by atoms with Crippen LogP contribution in [0.3, 0.4) is 0 Å². The second-order valence-electron chi connectivity index (χ2n) is 9.66. The molecule has 36 heavy (non-hydrogen) atoms. The summed E-state index contributed by atoms with van der Waals surface area (Å²) in [6.45, 7) is 5.38. The maximum atomic E-state index is 13.5. The summed E-state index contributed by atoms with van der Waals surface area (Å²) < 4.78 is 2.07. The van der Waals surface area contributed by atoms with Gasteiger partial charge in [0.05, 0.1) is 11.2 Å². The molecule has 1 atom stereocenters. The van der Waals surface area contributed by atoms with Gasteiger partial charge in [0.2, 0.25) is 5.91 Å². The molecule has 0 saturated carbocycles. The van der Waals surface area contributed by atoms with Crippen molar-refractivity contribution in [2.45, 2.75) is 52.1 Å². The van der Waals surface area contributed by atoms with E-state index in [2.05, 4.69) is 30.5 Å². The van der Waals surface area contributed by atoms with E-state index in [4.69, 9.17) is 12.2 Å². The summed E-state index contributed by atoms with van der Waals surface area (Å²) >= 11 is 5.63. The summed E-state index contributed by atoms with van der Waals surface area (Å²) in [5, 5.41) is 1.48. The van der Waals surface area contributed by atoms with E-state index in [1.165, 1.54) is 12.0 Å². The second-order valence-corrected chi connectivity index (χ2v) is 10.0. The second kappa shape index (κ2) is 9.90. The highest BCUT2D eigenvalue weighted by molar-refractivity contribution is 7.80. The third-order valence-electron chi connectivity index (χ3n) is 7.39. The number of nitrogens with zero attached hydrogens (tertiary/aromatic N) is 4. The van der Waals surface area contributed by atoms with Gasteiger partial charge in [0.25, 0.3) is 5.91 Å². The van der Waals surface area contributed by atoms with E-state index in [0.717, 1.165) is 48.0 Å². The zero-order valence-electron chi connectivity index (χ0n) is 21.1. The molecule has 3 heterocycles. The fourth-order valence-electron chi connectivity index (χ4n) is 5.40. The molecule has 0 spiro atoms. The van der Waals surface area contributed by atoms with E-state index in [-0.39, 0.29) is 17.9 Å². The lowest BCUT2D eigenvalue weighted by atomic mass is 10.0. The minimum absolute atomic E-state index is 0.148. The molecule has 5 rings (SSSR count). The molecule has 2 saturated heterocycles. The van der Waals surface area contributed by atoms with Gasteiger partial charge in [0.1, 0.15) is 12.2 Å². The van der Waals surface area contributed by atoms with Gasteiger partial charge in [-0.15, -0.1) is 0 Å². The van der Waals surface area contributed by atoms with Gasteiger partial charge in [0.15, 0.2) is 5.11 Å². The first-order valence-corrected chi connectivity index (χ1v) is 13.1. The topological polar surface area (TPSA) is 48.8 Å². The largest absolute Gasteiger partial charge is 0.338 e. The standard InChI is InChI=1S/C29H32N4O2S/c1-4-21-12-10-15-24-22(18-31(27(21)24)19-26(34)32-16-9-8-11-20(32)2)17-25-28(35)33(29(36)30(25)3)23-13-6-5-7-14-23/h5-7,10,12-15,17-18,20H,4,8-9,11,16,19H2,1-3H3/b25-17-/t20-/m0/s1. The number of hydrogen-bond acceptors (Lipinski definition) is 3. The number of anilines is 1. The van der Waals surface area contributed by atoms with E-state index >= 15 is 0 Å². The van der Waals surface area contributed by atoms with Crippen LogP contribution >= 0.6 is 12.2 Å². The molecule has 186 valence electrons. The predicted octanol–water partition coefficient (Wildman–Crippen LogP) is 5.21. The van der Waals surface area contributed by atoms with Crippen LogP contribution in [0.2, 0.25) is 0 Å². The predicted molar refractivity (Wildman–Crippen MR) is 149 cm³/mol. The van der Waals surface area contributed by atoms with Gasteiger partial charge in [-0.2, -0.15) is 0 Å². The third kappa shape index (κ3) is 4.22. The molecule has 2 fully saturated rings. The minimum atomic E-state index is -0.153. The van der Waals surface area contributed by atoms with Gasteiger partial charge in [0, 0.05) is 36.8 Å². The Bertz CT molecular complexity index is 1360. The number of fused-ring (bicyclic) bond motifs is 1. The first-order chi connectivity index (χ1) is 17.4. The number of hydrogen-bond donors (Lipinski definition) is 0. The molecule has 3 aromatic rings. The molecule has 0 N–H and O–H groups in total. The molecular formula is C29H32N4O2S. The van der Waals surface area contributed by atoms with E-state index in [1.807, 2.05) is 60.6 Å². The van der Waals surface area contributed by atoms with E-state index in [1.54, 1.807) is 9.80 Å². The van der Waals surface area contributed by atoms with Crippen molar-refractivity contribution in [3.63, 3.8) is 0 Å². The number of amides is 2. The van der Waals surface area contributed by atoms with Crippen molar-refractivity contribution in [2.24, 2.45) is 0 Å². The lowest BCUT2D eigenvalue weighted by Gasteiger charge is -2.33. The zero-order chi connectivity index (χ0) is 25.4. The number of carbonyl (C=O) groups is 2. The normalized spacial score (nSPS) is 19.7. The quantitative estimate of drug-likeness (QED) is 0.357. The van der Waals surface area contributed by atoms with Crippen LogP contribution in [-0.4, -0.2) is 50.9 Å². The fourth-order valence-corrected chi connectivity index (χ4v) is 5.69. The molecule has 2 aliphatic heterocycles. The zero-order valence-corrected chi connectivity index (χ0v) is 21.9.